The van der Waals surface area contributed by atoms with Crippen LogP contribution in [0.3, 0.4) is 0 Å². The van der Waals surface area contributed by atoms with Gasteiger partial charge in [0.1, 0.15) is 11.8 Å². The molecule has 1 atom stereocenters. The second kappa shape index (κ2) is 5.57. The zero-order valence-electron chi connectivity index (χ0n) is 10.7. The van der Waals surface area contributed by atoms with E-state index in [1.165, 1.54) is 0 Å². The van der Waals surface area contributed by atoms with Gasteiger partial charge >= 0.3 is 5.97 Å². The Morgan fingerprint density at radius 1 is 1.53 bits per heavy atom. The predicted octanol–water partition coefficient (Wildman–Crippen LogP) is 2.30. The third-order valence-corrected chi connectivity index (χ3v) is 2.81. The zero-order valence-corrected chi connectivity index (χ0v) is 10.7. The van der Waals surface area contributed by atoms with Crippen molar-refractivity contribution >= 4 is 11.7 Å². The summed E-state index contributed by atoms with van der Waals surface area (Å²) < 4.78 is 5.28. The molecule has 0 bridgehead atoms. The summed E-state index contributed by atoms with van der Waals surface area (Å²) in [6.45, 7) is 6.20. The van der Waals surface area contributed by atoms with Crippen LogP contribution in [-0.4, -0.2) is 30.8 Å². The van der Waals surface area contributed by atoms with E-state index in [1.807, 2.05) is 36.9 Å². The number of likely N-dealkylation sites (N-methyl/N-ethyl adjacent to an activating group) is 1. The first-order valence-corrected chi connectivity index (χ1v) is 5.65. The van der Waals surface area contributed by atoms with Crippen LogP contribution in [-0.2, 0) is 4.79 Å². The summed E-state index contributed by atoms with van der Waals surface area (Å²) in [5.74, 6) is -0.138. The third kappa shape index (κ3) is 2.90. The first kappa shape index (κ1) is 13.4. The minimum Gasteiger partial charge on any atom is -0.495 e. The van der Waals surface area contributed by atoms with E-state index in [2.05, 4.69) is 0 Å². The van der Waals surface area contributed by atoms with E-state index >= 15 is 0 Å². The van der Waals surface area contributed by atoms with Gasteiger partial charge in [-0.2, -0.15) is 0 Å². The maximum Gasteiger partial charge on any atom is 0.326 e. The fraction of sp³-hybridized carbons (Fsp3) is 0.462. The van der Waals surface area contributed by atoms with E-state index in [-0.39, 0.29) is 0 Å². The van der Waals surface area contributed by atoms with Crippen LogP contribution in [0.5, 0.6) is 5.75 Å². The number of anilines is 1. The molecule has 0 aliphatic rings. The zero-order chi connectivity index (χ0) is 13.0. The van der Waals surface area contributed by atoms with Gasteiger partial charge < -0.3 is 14.7 Å². The maximum atomic E-state index is 11.1. The van der Waals surface area contributed by atoms with E-state index in [0.717, 1.165) is 11.3 Å². The lowest BCUT2D eigenvalue weighted by Gasteiger charge is -2.28. The minimum atomic E-state index is -0.838. The normalized spacial score (nSPS) is 12.0. The summed E-state index contributed by atoms with van der Waals surface area (Å²) >= 11 is 0. The second-order valence-electron chi connectivity index (χ2n) is 3.98. The molecule has 4 heteroatoms. The van der Waals surface area contributed by atoms with Crippen LogP contribution in [0.25, 0.3) is 0 Å². The average molecular weight is 237 g/mol. The molecule has 1 rings (SSSR count). The van der Waals surface area contributed by atoms with E-state index in [1.54, 1.807) is 14.0 Å². The largest absolute Gasteiger partial charge is 0.495 e. The number of carboxylic acid groups (broad SMARTS) is 1. The third-order valence-electron chi connectivity index (χ3n) is 2.81. The standard InChI is InChI=1S/C13H19NO3/c1-5-14(10(3)13(15)16)11-8-9(2)6-7-12(11)17-4/h6-8,10H,5H2,1-4H3,(H,15,16)/t10-/m1/s1. The van der Waals surface area contributed by atoms with Gasteiger partial charge in [-0.15, -0.1) is 0 Å². The molecule has 0 aliphatic carbocycles. The van der Waals surface area contributed by atoms with E-state index in [0.29, 0.717) is 12.3 Å². The van der Waals surface area contributed by atoms with Crippen molar-refractivity contribution in [2.75, 3.05) is 18.6 Å². The molecule has 0 unspecified atom stereocenters. The lowest BCUT2D eigenvalue weighted by atomic mass is 10.1. The summed E-state index contributed by atoms with van der Waals surface area (Å²) in [7, 11) is 1.59. The molecule has 0 saturated heterocycles. The molecule has 0 heterocycles. The van der Waals surface area contributed by atoms with Crippen LogP contribution in [0.4, 0.5) is 5.69 Å². The van der Waals surface area contributed by atoms with Crippen molar-refractivity contribution in [3.8, 4) is 5.75 Å². The molecule has 1 aromatic carbocycles. The van der Waals surface area contributed by atoms with Crippen LogP contribution in [0.2, 0.25) is 0 Å². The lowest BCUT2D eigenvalue weighted by Crippen LogP contribution is -2.39. The van der Waals surface area contributed by atoms with Crippen molar-refractivity contribution in [2.24, 2.45) is 0 Å². The topological polar surface area (TPSA) is 49.8 Å². The second-order valence-corrected chi connectivity index (χ2v) is 3.98. The summed E-state index contributed by atoms with van der Waals surface area (Å²) in [6.07, 6.45) is 0. The Kier molecular flexibility index (Phi) is 4.37. The molecule has 0 saturated carbocycles. The number of carbonyl (C=O) groups is 1. The van der Waals surface area contributed by atoms with Gasteiger partial charge in [0.15, 0.2) is 0 Å². The maximum absolute atomic E-state index is 11.1. The Morgan fingerprint density at radius 3 is 2.65 bits per heavy atom. The lowest BCUT2D eigenvalue weighted by molar-refractivity contribution is -0.138. The number of ether oxygens (including phenoxy) is 1. The molecular weight excluding hydrogens is 218 g/mol. The fourth-order valence-corrected chi connectivity index (χ4v) is 1.81. The molecule has 4 nitrogen and oxygen atoms in total. The van der Waals surface area contributed by atoms with E-state index in [4.69, 9.17) is 9.84 Å². The van der Waals surface area contributed by atoms with Gasteiger partial charge in [-0.1, -0.05) is 6.07 Å². The highest BCUT2D eigenvalue weighted by Gasteiger charge is 2.22. The van der Waals surface area contributed by atoms with Crippen molar-refractivity contribution in [1.82, 2.24) is 0 Å². The first-order valence-electron chi connectivity index (χ1n) is 5.65. The molecule has 0 fully saturated rings. The van der Waals surface area contributed by atoms with E-state index < -0.39 is 12.0 Å². The quantitative estimate of drug-likeness (QED) is 0.853. The Hall–Kier alpha value is -1.71. The number of aryl methyl sites for hydroxylation is 1. The first-order chi connectivity index (χ1) is 8.01. The van der Waals surface area contributed by atoms with Gasteiger partial charge in [-0.3, -0.25) is 0 Å². The molecule has 0 radical (unpaired) electrons. The highest BCUT2D eigenvalue weighted by atomic mass is 16.5. The Labute approximate surface area is 102 Å². The van der Waals surface area contributed by atoms with E-state index in [9.17, 15) is 4.79 Å². The van der Waals surface area contributed by atoms with Crippen molar-refractivity contribution < 1.29 is 14.6 Å². The molecule has 0 aromatic heterocycles. The van der Waals surface area contributed by atoms with Crippen molar-refractivity contribution in [3.63, 3.8) is 0 Å². The minimum absolute atomic E-state index is 0.573. The van der Waals surface area contributed by atoms with Crippen molar-refractivity contribution in [3.05, 3.63) is 23.8 Å². The molecule has 17 heavy (non-hydrogen) atoms. The van der Waals surface area contributed by atoms with Gasteiger partial charge in [0.25, 0.3) is 0 Å². The van der Waals surface area contributed by atoms with Crippen LogP contribution in [0.1, 0.15) is 19.4 Å². The Balaban J connectivity index is 3.18. The number of hydrogen-bond acceptors (Lipinski definition) is 3. The van der Waals surface area contributed by atoms with Crippen molar-refractivity contribution in [1.29, 1.82) is 0 Å². The number of hydrogen-bond donors (Lipinski definition) is 1. The number of rotatable bonds is 5. The molecule has 0 spiro atoms. The van der Waals surface area contributed by atoms with Crippen molar-refractivity contribution in [2.45, 2.75) is 26.8 Å². The SMILES string of the molecule is CCN(c1cc(C)ccc1OC)[C@H](C)C(=O)O. The highest BCUT2D eigenvalue weighted by Crippen LogP contribution is 2.30. The molecule has 0 aliphatic heterocycles. The monoisotopic (exact) mass is 237 g/mol. The van der Waals surface area contributed by atoms with Crippen LogP contribution in [0.15, 0.2) is 18.2 Å². The highest BCUT2D eigenvalue weighted by molar-refractivity contribution is 5.79. The van der Waals surface area contributed by atoms with Crippen LogP contribution < -0.4 is 9.64 Å². The van der Waals surface area contributed by atoms with Gasteiger partial charge in [-0.25, -0.2) is 4.79 Å². The van der Waals surface area contributed by atoms with Crippen LogP contribution >= 0.6 is 0 Å². The molecule has 1 N–H and O–H groups in total. The fourth-order valence-electron chi connectivity index (χ4n) is 1.81. The van der Waals surface area contributed by atoms with Gasteiger partial charge in [0.2, 0.25) is 0 Å². The Bertz CT molecular complexity index is 404. The van der Waals surface area contributed by atoms with Gasteiger partial charge in [0.05, 0.1) is 12.8 Å². The number of benzene rings is 1. The number of carboxylic acids is 1. The molecular formula is C13H19NO3. The number of nitrogens with zero attached hydrogens (tertiary/aromatic N) is 1. The number of methoxy groups -OCH3 is 1. The smallest absolute Gasteiger partial charge is 0.326 e. The Morgan fingerprint density at radius 2 is 2.18 bits per heavy atom. The summed E-state index contributed by atoms with van der Waals surface area (Å²) in [6, 6.07) is 5.18. The van der Waals surface area contributed by atoms with Gasteiger partial charge in [0, 0.05) is 6.54 Å². The average Bonchev–Trinajstić information content (AvgIpc) is 2.30. The van der Waals surface area contributed by atoms with Crippen LogP contribution in [0, 0.1) is 6.92 Å². The molecule has 1 aromatic rings. The molecule has 94 valence electrons. The predicted molar refractivity (Wildman–Crippen MR) is 67.8 cm³/mol. The molecule has 0 amide bonds. The van der Waals surface area contributed by atoms with Gasteiger partial charge in [-0.05, 0) is 38.5 Å². The number of aliphatic carboxylic acids is 1. The summed E-state index contributed by atoms with van der Waals surface area (Å²) in [4.78, 5) is 12.9. The summed E-state index contributed by atoms with van der Waals surface area (Å²) in [5, 5.41) is 9.10. The summed E-state index contributed by atoms with van der Waals surface area (Å²) in [5.41, 5.74) is 1.90.